The van der Waals surface area contributed by atoms with Gasteiger partial charge in [-0.15, -0.1) is 0 Å². The molecule has 0 atom stereocenters. The van der Waals surface area contributed by atoms with Gasteiger partial charge in [-0.25, -0.2) is 10.6 Å². The molecule has 18 heavy (non-hydrogen) atoms. The van der Waals surface area contributed by atoms with Crippen LogP contribution in [0.3, 0.4) is 0 Å². The lowest BCUT2D eigenvalue weighted by atomic mass is 10.1. The number of aromatic amines is 1. The number of hydrogen-bond donors (Lipinski definition) is 4. The normalized spacial score (nSPS) is 9.50. The minimum atomic E-state index is -1.04. The number of aromatic carboxylic acids is 1. The van der Waals surface area contributed by atoms with Gasteiger partial charge in [-0.2, -0.15) is 0 Å². The third-order valence-corrected chi connectivity index (χ3v) is 2.25. The van der Waals surface area contributed by atoms with E-state index in [1.807, 2.05) is 13.8 Å². The van der Waals surface area contributed by atoms with E-state index in [-0.39, 0.29) is 11.1 Å². The van der Waals surface area contributed by atoms with Crippen molar-refractivity contribution in [2.75, 3.05) is 5.43 Å². The highest BCUT2D eigenvalue weighted by Gasteiger charge is 2.06. The van der Waals surface area contributed by atoms with Crippen LogP contribution in [0.15, 0.2) is 29.1 Å². The lowest BCUT2D eigenvalue weighted by Crippen LogP contribution is -2.15. The van der Waals surface area contributed by atoms with Crippen molar-refractivity contribution in [3.05, 3.63) is 40.2 Å². The van der Waals surface area contributed by atoms with Crippen LogP contribution in [0.5, 0.6) is 0 Å². The number of aromatic nitrogens is 1. The predicted octanol–water partition coefficient (Wildman–Crippen LogP) is 1.54. The Morgan fingerprint density at radius 3 is 2.56 bits per heavy atom. The standard InChI is InChI=1S/C10H9N3O3.C2H6/c11-13-8-4-6-3-5(10(15)16)1-2-7(6)9(14)12-8;1-2/h1-4H,11H2,(H,15,16)(H2,12,13,14);1-2H3. The summed E-state index contributed by atoms with van der Waals surface area (Å²) >= 11 is 0. The molecule has 0 fully saturated rings. The third-order valence-electron chi connectivity index (χ3n) is 2.25. The fourth-order valence-electron chi connectivity index (χ4n) is 1.48. The molecule has 0 amide bonds. The molecule has 0 bridgehead atoms. The highest BCUT2D eigenvalue weighted by molar-refractivity contribution is 5.94. The molecule has 0 unspecified atom stereocenters. The number of carboxylic acids is 1. The van der Waals surface area contributed by atoms with Gasteiger partial charge in [0.2, 0.25) is 0 Å². The molecule has 6 nitrogen and oxygen atoms in total. The molecule has 2 rings (SSSR count). The average Bonchev–Trinajstić information content (AvgIpc) is 2.40. The Bertz CT molecular complexity index is 619. The predicted molar refractivity (Wildman–Crippen MR) is 70.7 cm³/mol. The summed E-state index contributed by atoms with van der Waals surface area (Å²) in [7, 11) is 0. The number of nitrogens with one attached hydrogen (secondary N) is 2. The zero-order valence-electron chi connectivity index (χ0n) is 10.2. The Morgan fingerprint density at radius 2 is 2.00 bits per heavy atom. The Hall–Kier alpha value is -2.34. The maximum atomic E-state index is 11.5. The number of hydrogen-bond acceptors (Lipinski definition) is 4. The summed E-state index contributed by atoms with van der Waals surface area (Å²) in [5, 5.41) is 9.76. The number of rotatable bonds is 2. The minimum absolute atomic E-state index is 0.126. The monoisotopic (exact) mass is 249 g/mol. The molecule has 0 aliphatic carbocycles. The first-order valence-corrected chi connectivity index (χ1v) is 5.49. The zero-order chi connectivity index (χ0) is 13.7. The molecular formula is C12H15N3O3. The number of fused-ring (bicyclic) bond motifs is 1. The first kappa shape index (κ1) is 13.7. The summed E-state index contributed by atoms with van der Waals surface area (Å²) in [6, 6.07) is 5.85. The van der Waals surface area contributed by atoms with Gasteiger partial charge in [0.05, 0.1) is 5.56 Å². The SMILES string of the molecule is CC.NNc1cc2cc(C(=O)O)ccc2c(=O)[nH]1. The van der Waals surface area contributed by atoms with Crippen molar-refractivity contribution in [2.45, 2.75) is 13.8 Å². The summed E-state index contributed by atoms with van der Waals surface area (Å²) in [5.74, 6) is 4.47. The molecule has 1 aromatic heterocycles. The van der Waals surface area contributed by atoms with Gasteiger partial charge in [0, 0.05) is 5.39 Å². The maximum Gasteiger partial charge on any atom is 0.335 e. The molecule has 0 aliphatic heterocycles. The number of carbonyl (C=O) groups is 1. The second-order valence-electron chi connectivity index (χ2n) is 3.26. The summed E-state index contributed by atoms with van der Waals surface area (Å²) in [4.78, 5) is 24.8. The van der Waals surface area contributed by atoms with Crippen molar-refractivity contribution in [1.29, 1.82) is 0 Å². The minimum Gasteiger partial charge on any atom is -0.478 e. The van der Waals surface area contributed by atoms with Gasteiger partial charge in [-0.3, -0.25) is 4.79 Å². The fraction of sp³-hybridized carbons (Fsp3) is 0.167. The smallest absolute Gasteiger partial charge is 0.335 e. The molecule has 2 aromatic rings. The van der Waals surface area contributed by atoms with Crippen molar-refractivity contribution in [2.24, 2.45) is 5.84 Å². The van der Waals surface area contributed by atoms with Crippen LogP contribution < -0.4 is 16.8 Å². The van der Waals surface area contributed by atoms with Crippen molar-refractivity contribution >= 4 is 22.6 Å². The molecule has 1 aromatic carbocycles. The molecule has 96 valence electrons. The quantitative estimate of drug-likeness (QED) is 0.477. The van der Waals surface area contributed by atoms with E-state index in [1.54, 1.807) is 6.07 Å². The van der Waals surface area contributed by atoms with Gasteiger partial charge < -0.3 is 15.5 Å². The van der Waals surface area contributed by atoms with Crippen LogP contribution in [0, 0.1) is 0 Å². The lowest BCUT2D eigenvalue weighted by molar-refractivity contribution is 0.0697. The van der Waals surface area contributed by atoms with Gasteiger partial charge in [0.15, 0.2) is 0 Å². The van der Waals surface area contributed by atoms with E-state index < -0.39 is 5.97 Å². The first-order chi connectivity index (χ1) is 8.61. The molecule has 0 radical (unpaired) electrons. The van der Waals surface area contributed by atoms with Crippen molar-refractivity contribution in [1.82, 2.24) is 4.98 Å². The molecule has 0 saturated heterocycles. The Morgan fingerprint density at radius 1 is 1.33 bits per heavy atom. The van der Waals surface area contributed by atoms with Crippen molar-refractivity contribution in [3.8, 4) is 0 Å². The Balaban J connectivity index is 0.000000771. The molecule has 1 heterocycles. The van der Waals surface area contributed by atoms with E-state index in [2.05, 4.69) is 10.4 Å². The molecular weight excluding hydrogens is 234 g/mol. The Labute approximate surface area is 103 Å². The molecule has 6 heteroatoms. The fourth-order valence-corrected chi connectivity index (χ4v) is 1.48. The number of nitrogen functional groups attached to an aromatic ring is 1. The van der Waals surface area contributed by atoms with E-state index in [0.29, 0.717) is 16.6 Å². The number of carboxylic acid groups (broad SMARTS) is 1. The van der Waals surface area contributed by atoms with Crippen LogP contribution >= 0.6 is 0 Å². The first-order valence-electron chi connectivity index (χ1n) is 5.49. The summed E-state index contributed by atoms with van der Waals surface area (Å²) < 4.78 is 0. The number of benzene rings is 1. The van der Waals surface area contributed by atoms with Crippen LogP contribution in [-0.4, -0.2) is 16.1 Å². The topological polar surface area (TPSA) is 108 Å². The van der Waals surface area contributed by atoms with Gasteiger partial charge in [-0.1, -0.05) is 13.8 Å². The van der Waals surface area contributed by atoms with Gasteiger partial charge in [-0.05, 0) is 29.7 Å². The second-order valence-corrected chi connectivity index (χ2v) is 3.26. The van der Waals surface area contributed by atoms with E-state index in [0.717, 1.165) is 0 Å². The van der Waals surface area contributed by atoms with Crippen LogP contribution in [0.4, 0.5) is 5.82 Å². The van der Waals surface area contributed by atoms with Crippen molar-refractivity contribution in [3.63, 3.8) is 0 Å². The van der Waals surface area contributed by atoms with Crippen LogP contribution in [0.25, 0.3) is 10.8 Å². The molecule has 0 aliphatic rings. The van der Waals surface area contributed by atoms with Crippen molar-refractivity contribution < 1.29 is 9.90 Å². The summed E-state index contributed by atoms with van der Waals surface area (Å²) in [5.41, 5.74) is 2.11. The number of pyridine rings is 1. The Kier molecular flexibility index (Phi) is 4.45. The highest BCUT2D eigenvalue weighted by Crippen LogP contribution is 2.15. The molecule has 0 spiro atoms. The van der Waals surface area contributed by atoms with Crippen LogP contribution in [0.2, 0.25) is 0 Å². The van der Waals surface area contributed by atoms with Gasteiger partial charge in [0.1, 0.15) is 5.82 Å². The van der Waals surface area contributed by atoms with Crippen LogP contribution in [-0.2, 0) is 0 Å². The summed E-state index contributed by atoms with van der Waals surface area (Å²) in [6.45, 7) is 4.00. The van der Waals surface area contributed by atoms with E-state index >= 15 is 0 Å². The lowest BCUT2D eigenvalue weighted by Gasteiger charge is -2.03. The largest absolute Gasteiger partial charge is 0.478 e. The van der Waals surface area contributed by atoms with E-state index in [9.17, 15) is 9.59 Å². The number of nitrogens with two attached hydrogens (primary N) is 1. The molecule has 5 N–H and O–H groups in total. The number of anilines is 1. The third kappa shape index (κ3) is 2.67. The van der Waals surface area contributed by atoms with Gasteiger partial charge in [0.25, 0.3) is 5.56 Å². The average molecular weight is 249 g/mol. The summed E-state index contributed by atoms with van der Waals surface area (Å²) in [6.07, 6.45) is 0. The van der Waals surface area contributed by atoms with Gasteiger partial charge >= 0.3 is 5.97 Å². The maximum absolute atomic E-state index is 11.5. The van der Waals surface area contributed by atoms with E-state index in [4.69, 9.17) is 10.9 Å². The van der Waals surface area contributed by atoms with E-state index in [1.165, 1.54) is 18.2 Å². The number of hydrazine groups is 1. The zero-order valence-corrected chi connectivity index (χ0v) is 10.2. The number of H-pyrrole nitrogens is 1. The highest BCUT2D eigenvalue weighted by atomic mass is 16.4. The second kappa shape index (κ2) is 5.83. The molecule has 0 saturated carbocycles. The van der Waals surface area contributed by atoms with Crippen LogP contribution in [0.1, 0.15) is 24.2 Å².